The van der Waals surface area contributed by atoms with Crippen LogP contribution in [0, 0.1) is 0 Å². The van der Waals surface area contributed by atoms with Gasteiger partial charge in [0.25, 0.3) is 5.91 Å². The van der Waals surface area contributed by atoms with Crippen LogP contribution in [0.25, 0.3) is 0 Å². The molecule has 0 aliphatic carbocycles. The van der Waals surface area contributed by atoms with Gasteiger partial charge in [0.2, 0.25) is 5.75 Å². The quantitative estimate of drug-likeness (QED) is 0.655. The molecule has 1 aromatic rings. The van der Waals surface area contributed by atoms with Crippen LogP contribution in [0.2, 0.25) is 0 Å². The first-order valence-corrected chi connectivity index (χ1v) is 6.51. The Morgan fingerprint density at radius 1 is 1.14 bits per heavy atom. The summed E-state index contributed by atoms with van der Waals surface area (Å²) in [6.07, 6.45) is 3.32. The minimum atomic E-state index is -0.164. The lowest BCUT2D eigenvalue weighted by Crippen LogP contribution is -2.35. The van der Waals surface area contributed by atoms with E-state index in [-0.39, 0.29) is 12.5 Å². The van der Waals surface area contributed by atoms with E-state index in [4.69, 9.17) is 14.2 Å². The van der Waals surface area contributed by atoms with E-state index >= 15 is 0 Å². The molecule has 0 atom stereocenters. The van der Waals surface area contributed by atoms with Crippen molar-refractivity contribution in [1.82, 2.24) is 4.90 Å². The minimum absolute atomic E-state index is 0.113. The molecule has 0 aliphatic rings. The highest BCUT2D eigenvalue weighted by molar-refractivity contribution is 5.78. The van der Waals surface area contributed by atoms with Gasteiger partial charge in [0.1, 0.15) is 0 Å². The number of carbonyl (C=O) groups is 1. The largest absolute Gasteiger partial charge is 0.493 e. The number of amides is 1. The van der Waals surface area contributed by atoms with Gasteiger partial charge in [0.15, 0.2) is 18.1 Å². The molecular weight excluding hydrogens is 270 g/mol. The van der Waals surface area contributed by atoms with Crippen molar-refractivity contribution in [2.75, 3.05) is 33.9 Å². The van der Waals surface area contributed by atoms with Crippen molar-refractivity contribution >= 4 is 5.91 Å². The third-order valence-electron chi connectivity index (χ3n) is 2.77. The van der Waals surface area contributed by atoms with Gasteiger partial charge >= 0.3 is 0 Å². The summed E-state index contributed by atoms with van der Waals surface area (Å²) in [7, 11) is 3.07. The fourth-order valence-corrected chi connectivity index (χ4v) is 1.77. The van der Waals surface area contributed by atoms with Crippen molar-refractivity contribution < 1.29 is 19.0 Å². The Labute approximate surface area is 125 Å². The molecular formula is C16H21NO4. The van der Waals surface area contributed by atoms with Gasteiger partial charge in [-0.15, -0.1) is 13.2 Å². The van der Waals surface area contributed by atoms with E-state index in [0.717, 1.165) is 0 Å². The normalized spacial score (nSPS) is 9.62. The van der Waals surface area contributed by atoms with Crippen molar-refractivity contribution in [3.05, 3.63) is 43.5 Å². The molecule has 5 heteroatoms. The molecule has 0 heterocycles. The Morgan fingerprint density at radius 3 is 2.10 bits per heavy atom. The molecule has 0 saturated heterocycles. The maximum Gasteiger partial charge on any atom is 0.261 e. The van der Waals surface area contributed by atoms with Crippen molar-refractivity contribution in [1.29, 1.82) is 0 Å². The van der Waals surface area contributed by atoms with E-state index < -0.39 is 0 Å². The average Bonchev–Trinajstić information content (AvgIpc) is 2.51. The number of nitrogens with zero attached hydrogens (tertiary/aromatic N) is 1. The monoisotopic (exact) mass is 291 g/mol. The highest BCUT2D eigenvalue weighted by Gasteiger charge is 2.16. The summed E-state index contributed by atoms with van der Waals surface area (Å²) in [6.45, 7) is 8.03. The second-order valence-electron chi connectivity index (χ2n) is 4.16. The summed E-state index contributed by atoms with van der Waals surface area (Å²) < 4.78 is 16.0. The molecule has 114 valence electrons. The maximum atomic E-state index is 12.1. The first kappa shape index (κ1) is 16.6. The summed E-state index contributed by atoms with van der Waals surface area (Å²) in [5.74, 6) is 1.28. The Balaban J connectivity index is 2.80. The predicted molar refractivity (Wildman–Crippen MR) is 82.0 cm³/mol. The van der Waals surface area contributed by atoms with E-state index in [1.807, 2.05) is 0 Å². The van der Waals surface area contributed by atoms with Crippen LogP contribution in [0.3, 0.4) is 0 Å². The highest BCUT2D eigenvalue weighted by Crippen LogP contribution is 2.36. The summed E-state index contributed by atoms with van der Waals surface area (Å²) >= 11 is 0. The summed E-state index contributed by atoms with van der Waals surface area (Å²) in [4.78, 5) is 13.7. The van der Waals surface area contributed by atoms with Crippen molar-refractivity contribution in [3.63, 3.8) is 0 Å². The molecule has 0 fully saturated rings. The zero-order chi connectivity index (χ0) is 15.7. The standard InChI is InChI=1S/C16H21NO4/c1-5-10-17(11-6-2)15(18)12-21-16-13(19-3)8-7-9-14(16)20-4/h5-9H,1-2,10-12H2,3-4H3. The van der Waals surface area contributed by atoms with E-state index in [1.54, 1.807) is 35.3 Å². The smallest absolute Gasteiger partial charge is 0.261 e. The number of para-hydroxylation sites is 1. The molecule has 1 amide bonds. The molecule has 0 N–H and O–H groups in total. The lowest BCUT2D eigenvalue weighted by Gasteiger charge is -2.20. The van der Waals surface area contributed by atoms with Crippen molar-refractivity contribution in [2.24, 2.45) is 0 Å². The van der Waals surface area contributed by atoms with Gasteiger partial charge in [-0.1, -0.05) is 18.2 Å². The van der Waals surface area contributed by atoms with Gasteiger partial charge in [0, 0.05) is 13.1 Å². The first-order valence-electron chi connectivity index (χ1n) is 6.51. The molecule has 0 spiro atoms. The Morgan fingerprint density at radius 2 is 1.67 bits per heavy atom. The summed E-state index contributed by atoms with van der Waals surface area (Å²) in [6, 6.07) is 5.27. The molecule has 0 bridgehead atoms. The second-order valence-corrected chi connectivity index (χ2v) is 4.16. The zero-order valence-corrected chi connectivity index (χ0v) is 12.5. The molecule has 0 radical (unpaired) electrons. The third-order valence-corrected chi connectivity index (χ3v) is 2.77. The van der Waals surface area contributed by atoms with Crippen LogP contribution < -0.4 is 14.2 Å². The molecule has 5 nitrogen and oxygen atoms in total. The van der Waals surface area contributed by atoms with E-state index in [9.17, 15) is 4.79 Å². The highest BCUT2D eigenvalue weighted by atomic mass is 16.5. The molecule has 21 heavy (non-hydrogen) atoms. The number of carbonyl (C=O) groups excluding carboxylic acids is 1. The average molecular weight is 291 g/mol. The number of hydrogen-bond acceptors (Lipinski definition) is 4. The van der Waals surface area contributed by atoms with E-state index in [0.29, 0.717) is 30.3 Å². The zero-order valence-electron chi connectivity index (χ0n) is 12.5. The molecule has 0 aromatic heterocycles. The lowest BCUT2D eigenvalue weighted by molar-refractivity contribution is -0.132. The fraction of sp³-hybridized carbons (Fsp3) is 0.312. The summed E-state index contributed by atoms with van der Waals surface area (Å²) in [5, 5.41) is 0. The predicted octanol–water partition coefficient (Wildman–Crippen LogP) is 2.28. The van der Waals surface area contributed by atoms with Crippen molar-refractivity contribution in [3.8, 4) is 17.2 Å². The molecule has 1 rings (SSSR count). The number of methoxy groups -OCH3 is 2. The van der Waals surface area contributed by atoms with Crippen LogP contribution in [-0.2, 0) is 4.79 Å². The Kier molecular flexibility index (Phi) is 6.87. The van der Waals surface area contributed by atoms with Gasteiger partial charge < -0.3 is 19.1 Å². The number of ether oxygens (including phenoxy) is 3. The third kappa shape index (κ3) is 4.56. The number of rotatable bonds is 9. The molecule has 1 aromatic carbocycles. The first-order chi connectivity index (χ1) is 10.2. The van der Waals surface area contributed by atoms with Crippen LogP contribution >= 0.6 is 0 Å². The Hall–Kier alpha value is -2.43. The summed E-state index contributed by atoms with van der Waals surface area (Å²) in [5.41, 5.74) is 0. The van der Waals surface area contributed by atoms with Crippen LogP contribution in [0.1, 0.15) is 0 Å². The molecule has 0 unspecified atom stereocenters. The lowest BCUT2D eigenvalue weighted by atomic mass is 10.3. The fourth-order valence-electron chi connectivity index (χ4n) is 1.77. The van der Waals surface area contributed by atoms with Crippen LogP contribution in [-0.4, -0.2) is 44.7 Å². The van der Waals surface area contributed by atoms with Crippen molar-refractivity contribution in [2.45, 2.75) is 0 Å². The molecule has 0 aliphatic heterocycles. The maximum absolute atomic E-state index is 12.1. The van der Waals surface area contributed by atoms with Gasteiger partial charge in [-0.05, 0) is 12.1 Å². The van der Waals surface area contributed by atoms with Gasteiger partial charge in [-0.25, -0.2) is 0 Å². The van der Waals surface area contributed by atoms with Gasteiger partial charge in [-0.3, -0.25) is 4.79 Å². The minimum Gasteiger partial charge on any atom is -0.493 e. The van der Waals surface area contributed by atoms with E-state index in [2.05, 4.69) is 13.2 Å². The van der Waals surface area contributed by atoms with Gasteiger partial charge in [-0.2, -0.15) is 0 Å². The van der Waals surface area contributed by atoms with E-state index in [1.165, 1.54) is 14.2 Å². The second kappa shape index (κ2) is 8.68. The van der Waals surface area contributed by atoms with Gasteiger partial charge in [0.05, 0.1) is 14.2 Å². The number of hydrogen-bond donors (Lipinski definition) is 0. The van der Waals surface area contributed by atoms with Crippen LogP contribution in [0.4, 0.5) is 0 Å². The van der Waals surface area contributed by atoms with Crippen LogP contribution in [0.5, 0.6) is 17.2 Å². The topological polar surface area (TPSA) is 48.0 Å². The number of benzene rings is 1. The Bertz CT molecular complexity index is 467. The van der Waals surface area contributed by atoms with Crippen LogP contribution in [0.15, 0.2) is 43.5 Å². The molecule has 0 saturated carbocycles. The SMILES string of the molecule is C=CCN(CC=C)C(=O)COc1c(OC)cccc1OC.